The lowest BCUT2D eigenvalue weighted by atomic mass is 10.2. The molecule has 0 bridgehead atoms. The standard InChI is InChI=1S/C13H11IN2O2/c1-18-13-11(6-3-7-15-13)12(17)16-10-5-2-4-9(14)8-10/h2-8H,1H3,(H,16,17). The Morgan fingerprint density at radius 2 is 2.17 bits per heavy atom. The summed E-state index contributed by atoms with van der Waals surface area (Å²) in [5, 5.41) is 2.81. The molecule has 2 rings (SSSR count). The first-order valence-corrected chi connectivity index (χ1v) is 6.34. The summed E-state index contributed by atoms with van der Waals surface area (Å²) in [5.41, 5.74) is 1.16. The molecule has 1 aromatic carbocycles. The van der Waals surface area contributed by atoms with Crippen molar-refractivity contribution in [3.05, 3.63) is 51.7 Å². The minimum atomic E-state index is -0.234. The van der Waals surface area contributed by atoms with Gasteiger partial charge in [0.25, 0.3) is 5.91 Å². The molecule has 4 nitrogen and oxygen atoms in total. The number of carbonyl (C=O) groups is 1. The van der Waals surface area contributed by atoms with Gasteiger partial charge in [-0.25, -0.2) is 4.98 Å². The first-order valence-electron chi connectivity index (χ1n) is 5.26. The fraction of sp³-hybridized carbons (Fsp3) is 0.0769. The zero-order chi connectivity index (χ0) is 13.0. The molecule has 0 saturated heterocycles. The molecule has 92 valence electrons. The van der Waals surface area contributed by atoms with Crippen molar-refractivity contribution in [2.45, 2.75) is 0 Å². The van der Waals surface area contributed by atoms with Crippen LogP contribution in [0.5, 0.6) is 5.88 Å². The average Bonchev–Trinajstić information content (AvgIpc) is 2.38. The number of rotatable bonds is 3. The van der Waals surface area contributed by atoms with Crippen LogP contribution in [0.3, 0.4) is 0 Å². The number of hydrogen-bond acceptors (Lipinski definition) is 3. The Balaban J connectivity index is 2.22. The van der Waals surface area contributed by atoms with Crippen LogP contribution in [0.1, 0.15) is 10.4 Å². The number of hydrogen-bond donors (Lipinski definition) is 1. The number of pyridine rings is 1. The van der Waals surface area contributed by atoms with Crippen LogP contribution in [0.4, 0.5) is 5.69 Å². The number of amides is 1. The van der Waals surface area contributed by atoms with Crippen molar-refractivity contribution in [2.75, 3.05) is 12.4 Å². The summed E-state index contributed by atoms with van der Waals surface area (Å²) in [6.07, 6.45) is 1.58. The Morgan fingerprint density at radius 3 is 2.89 bits per heavy atom. The molecule has 0 saturated carbocycles. The molecule has 0 aliphatic heterocycles. The second-order valence-electron chi connectivity index (χ2n) is 3.52. The third-order valence-electron chi connectivity index (χ3n) is 2.29. The molecule has 1 heterocycles. The van der Waals surface area contributed by atoms with Crippen LogP contribution in [0.25, 0.3) is 0 Å². The highest BCUT2D eigenvalue weighted by Gasteiger charge is 2.12. The topological polar surface area (TPSA) is 51.2 Å². The Labute approximate surface area is 119 Å². The zero-order valence-corrected chi connectivity index (χ0v) is 11.8. The van der Waals surface area contributed by atoms with Gasteiger partial charge in [0.1, 0.15) is 5.56 Å². The Kier molecular flexibility index (Phi) is 4.14. The molecule has 1 N–H and O–H groups in total. The highest BCUT2D eigenvalue weighted by molar-refractivity contribution is 14.1. The number of halogens is 1. The number of nitrogens with one attached hydrogen (secondary N) is 1. The molecule has 1 amide bonds. The molecule has 1 aromatic heterocycles. The molecule has 0 aliphatic rings. The lowest BCUT2D eigenvalue weighted by Gasteiger charge is -2.08. The lowest BCUT2D eigenvalue weighted by molar-refractivity contribution is 0.102. The van der Waals surface area contributed by atoms with Crippen molar-refractivity contribution in [3.63, 3.8) is 0 Å². The molecule has 5 heteroatoms. The average molecular weight is 354 g/mol. The maximum atomic E-state index is 12.1. The largest absolute Gasteiger partial charge is 0.480 e. The molecule has 0 atom stereocenters. The van der Waals surface area contributed by atoms with E-state index < -0.39 is 0 Å². The van der Waals surface area contributed by atoms with Crippen molar-refractivity contribution in [1.82, 2.24) is 4.98 Å². The molecule has 0 aliphatic carbocycles. The number of anilines is 1. The van der Waals surface area contributed by atoms with Gasteiger partial charge in [0, 0.05) is 15.5 Å². The first-order chi connectivity index (χ1) is 8.70. The van der Waals surface area contributed by atoms with Gasteiger partial charge in [0.05, 0.1) is 7.11 Å². The van der Waals surface area contributed by atoms with Crippen molar-refractivity contribution in [1.29, 1.82) is 0 Å². The number of carbonyl (C=O) groups excluding carboxylic acids is 1. The van der Waals surface area contributed by atoms with Crippen LogP contribution in [0.15, 0.2) is 42.6 Å². The molecule has 18 heavy (non-hydrogen) atoms. The van der Waals surface area contributed by atoms with Crippen molar-refractivity contribution < 1.29 is 9.53 Å². The van der Waals surface area contributed by atoms with Crippen LogP contribution in [-0.2, 0) is 0 Å². The summed E-state index contributed by atoms with van der Waals surface area (Å²) in [7, 11) is 1.49. The van der Waals surface area contributed by atoms with Gasteiger partial charge in [-0.3, -0.25) is 4.79 Å². The minimum Gasteiger partial charge on any atom is -0.480 e. The lowest BCUT2D eigenvalue weighted by Crippen LogP contribution is -2.13. The van der Waals surface area contributed by atoms with E-state index in [0.717, 1.165) is 9.26 Å². The normalized spacial score (nSPS) is 9.89. The quantitative estimate of drug-likeness (QED) is 0.863. The van der Waals surface area contributed by atoms with Crippen molar-refractivity contribution in [3.8, 4) is 5.88 Å². The maximum absolute atomic E-state index is 12.1. The highest BCUT2D eigenvalue weighted by atomic mass is 127. The molecular formula is C13H11IN2O2. The smallest absolute Gasteiger partial charge is 0.261 e. The van der Waals surface area contributed by atoms with Gasteiger partial charge in [-0.1, -0.05) is 6.07 Å². The van der Waals surface area contributed by atoms with E-state index in [1.807, 2.05) is 24.3 Å². The van der Waals surface area contributed by atoms with E-state index in [1.54, 1.807) is 18.3 Å². The summed E-state index contributed by atoms with van der Waals surface area (Å²) in [6.45, 7) is 0. The van der Waals surface area contributed by atoms with Crippen LogP contribution in [0, 0.1) is 3.57 Å². The second-order valence-corrected chi connectivity index (χ2v) is 4.77. The summed E-state index contributed by atoms with van der Waals surface area (Å²) in [4.78, 5) is 16.1. The van der Waals surface area contributed by atoms with Gasteiger partial charge in [0.15, 0.2) is 0 Å². The molecular weight excluding hydrogens is 343 g/mol. The van der Waals surface area contributed by atoms with E-state index in [2.05, 4.69) is 32.9 Å². The van der Waals surface area contributed by atoms with E-state index in [9.17, 15) is 4.79 Å². The molecule has 0 fully saturated rings. The Morgan fingerprint density at radius 1 is 1.33 bits per heavy atom. The molecule has 2 aromatic rings. The second kappa shape index (κ2) is 5.81. The van der Waals surface area contributed by atoms with Crippen LogP contribution < -0.4 is 10.1 Å². The number of methoxy groups -OCH3 is 1. The van der Waals surface area contributed by atoms with E-state index in [1.165, 1.54) is 7.11 Å². The van der Waals surface area contributed by atoms with Gasteiger partial charge in [0.2, 0.25) is 5.88 Å². The third kappa shape index (κ3) is 2.98. The zero-order valence-electron chi connectivity index (χ0n) is 9.68. The number of aromatic nitrogens is 1. The predicted molar refractivity (Wildman–Crippen MR) is 77.9 cm³/mol. The Hall–Kier alpha value is -1.63. The van der Waals surface area contributed by atoms with E-state index >= 15 is 0 Å². The van der Waals surface area contributed by atoms with Crippen LogP contribution in [-0.4, -0.2) is 18.0 Å². The number of nitrogens with zero attached hydrogens (tertiary/aromatic N) is 1. The molecule has 0 spiro atoms. The van der Waals surface area contributed by atoms with Gasteiger partial charge in [-0.15, -0.1) is 0 Å². The van der Waals surface area contributed by atoms with E-state index in [0.29, 0.717) is 11.4 Å². The van der Waals surface area contributed by atoms with Crippen LogP contribution >= 0.6 is 22.6 Å². The minimum absolute atomic E-state index is 0.234. The maximum Gasteiger partial charge on any atom is 0.261 e. The van der Waals surface area contributed by atoms with Gasteiger partial charge < -0.3 is 10.1 Å². The summed E-state index contributed by atoms with van der Waals surface area (Å²) in [6, 6.07) is 10.9. The van der Waals surface area contributed by atoms with Gasteiger partial charge >= 0.3 is 0 Å². The monoisotopic (exact) mass is 354 g/mol. The Bertz CT molecular complexity index is 572. The third-order valence-corrected chi connectivity index (χ3v) is 2.96. The van der Waals surface area contributed by atoms with Crippen molar-refractivity contribution >= 4 is 34.2 Å². The van der Waals surface area contributed by atoms with E-state index in [-0.39, 0.29) is 5.91 Å². The fourth-order valence-electron chi connectivity index (χ4n) is 1.49. The predicted octanol–water partition coefficient (Wildman–Crippen LogP) is 2.95. The number of benzene rings is 1. The van der Waals surface area contributed by atoms with Gasteiger partial charge in [-0.2, -0.15) is 0 Å². The van der Waals surface area contributed by atoms with Gasteiger partial charge in [-0.05, 0) is 52.9 Å². The first kappa shape index (κ1) is 12.8. The number of ether oxygens (including phenoxy) is 1. The molecule has 0 radical (unpaired) electrons. The summed E-state index contributed by atoms with van der Waals surface area (Å²) < 4.78 is 6.11. The van der Waals surface area contributed by atoms with E-state index in [4.69, 9.17) is 4.74 Å². The SMILES string of the molecule is COc1ncccc1C(=O)Nc1cccc(I)c1. The van der Waals surface area contributed by atoms with Crippen molar-refractivity contribution in [2.24, 2.45) is 0 Å². The summed E-state index contributed by atoms with van der Waals surface area (Å²) >= 11 is 2.19. The molecule has 0 unspecified atom stereocenters. The highest BCUT2D eigenvalue weighted by Crippen LogP contribution is 2.17. The fourth-order valence-corrected chi connectivity index (χ4v) is 2.03. The van der Waals surface area contributed by atoms with Crippen LogP contribution in [0.2, 0.25) is 0 Å². The summed E-state index contributed by atoms with van der Waals surface area (Å²) in [5.74, 6) is 0.0857.